The smallest absolute Gasteiger partial charge is 0.223 e. The largest absolute Gasteiger partial charge is 0.372 e. The van der Waals surface area contributed by atoms with E-state index < -0.39 is 0 Å². The van der Waals surface area contributed by atoms with Crippen LogP contribution in [0.25, 0.3) is 0 Å². The molecule has 1 aromatic rings. The van der Waals surface area contributed by atoms with E-state index in [2.05, 4.69) is 48.8 Å². The molecule has 1 aliphatic rings. The van der Waals surface area contributed by atoms with Gasteiger partial charge >= 0.3 is 0 Å². The van der Waals surface area contributed by atoms with Gasteiger partial charge in [0.2, 0.25) is 5.91 Å². The Morgan fingerprint density at radius 2 is 2.00 bits per heavy atom. The summed E-state index contributed by atoms with van der Waals surface area (Å²) in [6.45, 7) is 8.53. The number of piperidine rings is 1. The lowest BCUT2D eigenvalue weighted by Crippen LogP contribution is -2.44. The van der Waals surface area contributed by atoms with Crippen molar-refractivity contribution in [2.75, 3.05) is 13.1 Å². The number of carbonyl (C=O) groups is 1. The second-order valence-electron chi connectivity index (χ2n) is 7.28. The van der Waals surface area contributed by atoms with Crippen LogP contribution in [-0.4, -0.2) is 30.0 Å². The van der Waals surface area contributed by atoms with Crippen molar-refractivity contribution in [1.29, 1.82) is 0 Å². The van der Waals surface area contributed by atoms with E-state index in [9.17, 15) is 4.79 Å². The first kappa shape index (κ1) is 17.5. The minimum atomic E-state index is 0.0440. The fourth-order valence-corrected chi connectivity index (χ4v) is 2.93. The number of hydrogen-bond donors (Lipinski definition) is 0. The normalized spacial score (nSPS) is 19.3. The van der Waals surface area contributed by atoms with E-state index >= 15 is 0 Å². The van der Waals surface area contributed by atoms with Crippen LogP contribution in [0.15, 0.2) is 28.7 Å². The van der Waals surface area contributed by atoms with Gasteiger partial charge in [0.15, 0.2) is 0 Å². The predicted octanol–water partition coefficient (Wildman–Crippen LogP) is 4.39. The van der Waals surface area contributed by atoms with E-state index in [0.717, 1.165) is 30.4 Å². The summed E-state index contributed by atoms with van der Waals surface area (Å²) in [6.07, 6.45) is 2.82. The molecule has 1 fully saturated rings. The van der Waals surface area contributed by atoms with Crippen LogP contribution in [0.4, 0.5) is 0 Å². The molecule has 1 unspecified atom stereocenters. The Kier molecular flexibility index (Phi) is 6.04. The molecule has 3 nitrogen and oxygen atoms in total. The molecule has 1 aliphatic heterocycles. The van der Waals surface area contributed by atoms with Crippen molar-refractivity contribution in [3.63, 3.8) is 0 Å². The minimum absolute atomic E-state index is 0.0440. The van der Waals surface area contributed by atoms with Gasteiger partial charge in [-0.3, -0.25) is 4.79 Å². The van der Waals surface area contributed by atoms with Gasteiger partial charge in [0, 0.05) is 24.0 Å². The van der Waals surface area contributed by atoms with Gasteiger partial charge in [-0.2, -0.15) is 0 Å². The Labute approximate surface area is 142 Å². The van der Waals surface area contributed by atoms with Crippen LogP contribution in [-0.2, 0) is 16.1 Å². The average Bonchev–Trinajstić information content (AvgIpc) is 2.45. The van der Waals surface area contributed by atoms with Gasteiger partial charge < -0.3 is 9.64 Å². The van der Waals surface area contributed by atoms with Crippen LogP contribution in [0.2, 0.25) is 0 Å². The van der Waals surface area contributed by atoms with Crippen molar-refractivity contribution in [1.82, 2.24) is 4.90 Å². The van der Waals surface area contributed by atoms with Gasteiger partial charge in [0.1, 0.15) is 0 Å². The van der Waals surface area contributed by atoms with Crippen LogP contribution < -0.4 is 0 Å². The van der Waals surface area contributed by atoms with Gasteiger partial charge in [-0.05, 0) is 36.0 Å². The standard InChI is InChI=1S/C18H26BrNO2/c1-18(2,3)11-17(21)20-10-4-5-16(12-20)22-13-14-6-8-15(19)9-7-14/h6-9,16H,4-5,10-13H2,1-3H3. The molecule has 0 aliphatic carbocycles. The summed E-state index contributed by atoms with van der Waals surface area (Å²) in [5.41, 5.74) is 1.21. The third-order valence-corrected chi connectivity index (χ3v) is 4.34. The summed E-state index contributed by atoms with van der Waals surface area (Å²) in [6, 6.07) is 8.18. The first-order chi connectivity index (χ1) is 10.3. The summed E-state index contributed by atoms with van der Waals surface area (Å²) >= 11 is 3.44. The zero-order valence-corrected chi connectivity index (χ0v) is 15.4. The zero-order valence-electron chi connectivity index (χ0n) is 13.8. The second kappa shape index (κ2) is 7.60. The molecule has 0 bridgehead atoms. The topological polar surface area (TPSA) is 29.5 Å². The molecule has 1 saturated heterocycles. The molecule has 0 saturated carbocycles. The third kappa shape index (κ3) is 5.73. The van der Waals surface area contributed by atoms with Crippen molar-refractivity contribution in [2.45, 2.75) is 52.7 Å². The summed E-state index contributed by atoms with van der Waals surface area (Å²) in [4.78, 5) is 14.3. The molecule has 1 atom stereocenters. The first-order valence-electron chi connectivity index (χ1n) is 7.97. The number of likely N-dealkylation sites (tertiary alicyclic amines) is 1. The summed E-state index contributed by atoms with van der Waals surface area (Å²) in [5, 5.41) is 0. The lowest BCUT2D eigenvalue weighted by Gasteiger charge is -2.34. The SMILES string of the molecule is CC(C)(C)CC(=O)N1CCCC(OCc2ccc(Br)cc2)C1. The summed E-state index contributed by atoms with van der Waals surface area (Å²) in [5.74, 6) is 0.254. The molecule has 1 aromatic carbocycles. The molecular weight excluding hydrogens is 342 g/mol. The Morgan fingerprint density at radius 3 is 2.64 bits per heavy atom. The van der Waals surface area contributed by atoms with Crippen molar-refractivity contribution >= 4 is 21.8 Å². The number of ether oxygens (including phenoxy) is 1. The third-order valence-electron chi connectivity index (χ3n) is 3.81. The summed E-state index contributed by atoms with van der Waals surface area (Å²) in [7, 11) is 0. The average molecular weight is 368 g/mol. The predicted molar refractivity (Wildman–Crippen MR) is 92.6 cm³/mol. The molecule has 2 rings (SSSR count). The van der Waals surface area contributed by atoms with E-state index in [1.54, 1.807) is 0 Å². The van der Waals surface area contributed by atoms with Crippen LogP contribution >= 0.6 is 15.9 Å². The van der Waals surface area contributed by atoms with E-state index in [1.807, 2.05) is 17.0 Å². The van der Waals surface area contributed by atoms with Crippen molar-refractivity contribution < 1.29 is 9.53 Å². The molecule has 1 amide bonds. The Bertz CT molecular complexity index is 493. The quantitative estimate of drug-likeness (QED) is 0.789. The first-order valence-corrected chi connectivity index (χ1v) is 8.77. The maximum atomic E-state index is 12.3. The van der Waals surface area contributed by atoms with Gasteiger partial charge in [0.05, 0.1) is 12.7 Å². The lowest BCUT2D eigenvalue weighted by atomic mass is 9.91. The van der Waals surface area contributed by atoms with Crippen LogP contribution in [0.3, 0.4) is 0 Å². The second-order valence-corrected chi connectivity index (χ2v) is 8.19. The van der Waals surface area contributed by atoms with E-state index in [4.69, 9.17) is 4.74 Å². The molecule has 4 heteroatoms. The zero-order chi connectivity index (χ0) is 16.2. The highest BCUT2D eigenvalue weighted by Gasteiger charge is 2.26. The number of nitrogens with zero attached hydrogens (tertiary/aromatic N) is 1. The molecular formula is C18H26BrNO2. The highest BCUT2D eigenvalue weighted by molar-refractivity contribution is 9.10. The molecule has 0 aromatic heterocycles. The van der Waals surface area contributed by atoms with E-state index in [-0.39, 0.29) is 17.4 Å². The fourth-order valence-electron chi connectivity index (χ4n) is 2.66. The Hall–Kier alpha value is -0.870. The van der Waals surface area contributed by atoms with Gasteiger partial charge in [-0.1, -0.05) is 48.8 Å². The number of amides is 1. The molecule has 0 spiro atoms. The maximum Gasteiger partial charge on any atom is 0.223 e. The van der Waals surface area contributed by atoms with E-state index in [1.165, 1.54) is 5.56 Å². The van der Waals surface area contributed by atoms with Crippen LogP contribution in [0.1, 0.15) is 45.6 Å². The molecule has 1 heterocycles. The number of hydrogen-bond acceptors (Lipinski definition) is 2. The van der Waals surface area contributed by atoms with Gasteiger partial charge in [0.25, 0.3) is 0 Å². The molecule has 22 heavy (non-hydrogen) atoms. The molecule has 0 N–H and O–H groups in total. The number of carbonyl (C=O) groups excluding carboxylic acids is 1. The maximum absolute atomic E-state index is 12.3. The van der Waals surface area contributed by atoms with Gasteiger partial charge in [-0.25, -0.2) is 0 Å². The van der Waals surface area contributed by atoms with Crippen LogP contribution in [0, 0.1) is 5.41 Å². The molecule has 122 valence electrons. The highest BCUT2D eigenvalue weighted by atomic mass is 79.9. The monoisotopic (exact) mass is 367 g/mol. The summed E-state index contributed by atoms with van der Waals surface area (Å²) < 4.78 is 7.09. The fraction of sp³-hybridized carbons (Fsp3) is 0.611. The Balaban J connectivity index is 1.82. The minimum Gasteiger partial charge on any atom is -0.372 e. The van der Waals surface area contributed by atoms with Crippen molar-refractivity contribution in [2.24, 2.45) is 5.41 Å². The lowest BCUT2D eigenvalue weighted by molar-refractivity contribution is -0.137. The number of benzene rings is 1. The Morgan fingerprint density at radius 1 is 1.32 bits per heavy atom. The molecule has 0 radical (unpaired) electrons. The number of rotatable bonds is 4. The number of halogens is 1. The van der Waals surface area contributed by atoms with Crippen molar-refractivity contribution in [3.05, 3.63) is 34.3 Å². The van der Waals surface area contributed by atoms with Crippen molar-refractivity contribution in [3.8, 4) is 0 Å². The highest BCUT2D eigenvalue weighted by Crippen LogP contribution is 2.23. The van der Waals surface area contributed by atoms with E-state index in [0.29, 0.717) is 13.0 Å². The van der Waals surface area contributed by atoms with Crippen LogP contribution in [0.5, 0.6) is 0 Å². The van der Waals surface area contributed by atoms with Gasteiger partial charge in [-0.15, -0.1) is 0 Å².